The minimum Gasteiger partial charge on any atom is -0.308 e. The van der Waals surface area contributed by atoms with Crippen molar-refractivity contribution in [2.45, 2.75) is 51.6 Å². The van der Waals surface area contributed by atoms with Crippen LogP contribution in [0.1, 0.15) is 40.2 Å². The summed E-state index contributed by atoms with van der Waals surface area (Å²) in [6.07, 6.45) is 0. The molecule has 3 heteroatoms. The van der Waals surface area contributed by atoms with Gasteiger partial charge in [0.15, 0.2) is 0 Å². The fourth-order valence-electron chi connectivity index (χ4n) is 1.46. The Labute approximate surface area is 121 Å². The Hall–Kier alpha value is -0.180. The molecule has 0 aromatic heterocycles. The monoisotopic (exact) mass is 285 g/mol. The average molecular weight is 286 g/mol. The standard InChI is InChI=1S/C15H24ClNS/c1-11(2)10-18-14-12(7-6-8-13(14)16)9-17-15(3,4)5/h6-8,11,17H,9-10H2,1-5H3. The van der Waals surface area contributed by atoms with Gasteiger partial charge in [-0.1, -0.05) is 37.6 Å². The second-order valence-corrected chi connectivity index (χ2v) is 7.47. The molecule has 0 saturated heterocycles. The molecule has 0 bridgehead atoms. The highest BCUT2D eigenvalue weighted by atomic mass is 35.5. The molecule has 1 N–H and O–H groups in total. The molecular weight excluding hydrogens is 262 g/mol. The van der Waals surface area contributed by atoms with E-state index in [1.807, 2.05) is 23.9 Å². The molecule has 1 aromatic carbocycles. The molecule has 0 radical (unpaired) electrons. The van der Waals surface area contributed by atoms with Gasteiger partial charge >= 0.3 is 0 Å². The summed E-state index contributed by atoms with van der Waals surface area (Å²) in [6.45, 7) is 11.9. The molecule has 1 aromatic rings. The Bertz CT molecular complexity index is 383. The van der Waals surface area contributed by atoms with Gasteiger partial charge in [0, 0.05) is 22.7 Å². The summed E-state index contributed by atoms with van der Waals surface area (Å²) >= 11 is 8.17. The van der Waals surface area contributed by atoms with E-state index in [1.165, 1.54) is 10.5 Å². The Balaban J connectivity index is 2.80. The highest BCUT2D eigenvalue weighted by Crippen LogP contribution is 2.32. The largest absolute Gasteiger partial charge is 0.308 e. The van der Waals surface area contributed by atoms with Gasteiger partial charge in [0.2, 0.25) is 0 Å². The van der Waals surface area contributed by atoms with Crippen LogP contribution in [0.2, 0.25) is 5.02 Å². The third-order valence-electron chi connectivity index (χ3n) is 2.42. The van der Waals surface area contributed by atoms with Crippen LogP contribution < -0.4 is 5.32 Å². The minimum absolute atomic E-state index is 0.127. The molecule has 1 nitrogen and oxygen atoms in total. The Morgan fingerprint density at radius 2 is 1.94 bits per heavy atom. The average Bonchev–Trinajstić information content (AvgIpc) is 2.23. The highest BCUT2D eigenvalue weighted by molar-refractivity contribution is 7.99. The number of halogens is 1. The summed E-state index contributed by atoms with van der Waals surface area (Å²) in [4.78, 5) is 1.23. The second-order valence-electron chi connectivity index (χ2n) is 6.04. The zero-order chi connectivity index (χ0) is 13.8. The maximum Gasteiger partial charge on any atom is 0.0545 e. The van der Waals surface area contributed by atoms with Gasteiger partial charge in [0.05, 0.1) is 5.02 Å². The van der Waals surface area contributed by atoms with Crippen LogP contribution in [0.4, 0.5) is 0 Å². The van der Waals surface area contributed by atoms with Crippen LogP contribution in [0.5, 0.6) is 0 Å². The molecule has 0 aliphatic heterocycles. The summed E-state index contributed by atoms with van der Waals surface area (Å²) < 4.78 is 0. The van der Waals surface area contributed by atoms with E-state index < -0.39 is 0 Å². The lowest BCUT2D eigenvalue weighted by atomic mass is 10.1. The van der Waals surface area contributed by atoms with E-state index in [-0.39, 0.29) is 5.54 Å². The third kappa shape index (κ3) is 5.64. The molecule has 0 spiro atoms. The lowest BCUT2D eigenvalue weighted by molar-refractivity contribution is 0.422. The summed E-state index contributed by atoms with van der Waals surface area (Å²) in [6, 6.07) is 6.17. The molecule has 102 valence electrons. The molecule has 18 heavy (non-hydrogen) atoms. The SMILES string of the molecule is CC(C)CSc1c(Cl)cccc1CNC(C)(C)C. The number of hydrogen-bond donors (Lipinski definition) is 1. The van der Waals surface area contributed by atoms with E-state index in [9.17, 15) is 0 Å². The van der Waals surface area contributed by atoms with Crippen molar-refractivity contribution in [3.8, 4) is 0 Å². The van der Waals surface area contributed by atoms with Crippen molar-refractivity contribution in [3.05, 3.63) is 28.8 Å². The zero-order valence-electron chi connectivity index (χ0n) is 12.0. The highest BCUT2D eigenvalue weighted by Gasteiger charge is 2.12. The van der Waals surface area contributed by atoms with Crippen LogP contribution in [0.25, 0.3) is 0 Å². The van der Waals surface area contributed by atoms with Crippen molar-refractivity contribution < 1.29 is 0 Å². The van der Waals surface area contributed by atoms with Crippen molar-refractivity contribution in [1.82, 2.24) is 5.32 Å². The smallest absolute Gasteiger partial charge is 0.0545 e. The fraction of sp³-hybridized carbons (Fsp3) is 0.600. The van der Waals surface area contributed by atoms with Crippen LogP contribution in [0.15, 0.2) is 23.1 Å². The van der Waals surface area contributed by atoms with E-state index in [2.05, 4.69) is 46.0 Å². The number of nitrogens with one attached hydrogen (secondary N) is 1. The first-order valence-electron chi connectivity index (χ1n) is 6.45. The molecular formula is C15H24ClNS. The van der Waals surface area contributed by atoms with Crippen LogP contribution >= 0.6 is 23.4 Å². The van der Waals surface area contributed by atoms with Gasteiger partial charge in [-0.15, -0.1) is 11.8 Å². The van der Waals surface area contributed by atoms with E-state index in [0.29, 0.717) is 5.92 Å². The normalized spacial score (nSPS) is 12.2. The predicted octanol–water partition coefficient (Wildman–Crippen LogP) is 4.98. The van der Waals surface area contributed by atoms with E-state index in [0.717, 1.165) is 17.3 Å². The van der Waals surface area contributed by atoms with Crippen molar-refractivity contribution in [2.24, 2.45) is 5.92 Å². The summed E-state index contributed by atoms with van der Waals surface area (Å²) in [5.74, 6) is 1.78. The van der Waals surface area contributed by atoms with Gasteiger partial charge in [-0.3, -0.25) is 0 Å². The van der Waals surface area contributed by atoms with E-state index >= 15 is 0 Å². The number of rotatable bonds is 5. The molecule has 0 atom stereocenters. The van der Waals surface area contributed by atoms with Gasteiger partial charge < -0.3 is 5.32 Å². The molecule has 0 aliphatic carbocycles. The molecule has 0 saturated carbocycles. The lowest BCUT2D eigenvalue weighted by Crippen LogP contribution is -2.35. The Morgan fingerprint density at radius 3 is 2.50 bits per heavy atom. The lowest BCUT2D eigenvalue weighted by Gasteiger charge is -2.22. The Morgan fingerprint density at radius 1 is 1.28 bits per heavy atom. The Kier molecular flexibility index (Phi) is 6.03. The quantitative estimate of drug-likeness (QED) is 0.766. The first kappa shape index (κ1) is 15.9. The van der Waals surface area contributed by atoms with Crippen LogP contribution in [-0.2, 0) is 6.54 Å². The second kappa shape index (κ2) is 6.83. The van der Waals surface area contributed by atoms with E-state index in [4.69, 9.17) is 11.6 Å². The van der Waals surface area contributed by atoms with Crippen molar-refractivity contribution in [3.63, 3.8) is 0 Å². The molecule has 0 aliphatic rings. The summed E-state index contributed by atoms with van der Waals surface area (Å²) in [5, 5.41) is 4.39. The predicted molar refractivity (Wildman–Crippen MR) is 83.6 cm³/mol. The molecule has 0 heterocycles. The van der Waals surface area contributed by atoms with Gasteiger partial charge in [0.1, 0.15) is 0 Å². The fourth-order valence-corrected chi connectivity index (χ4v) is 2.85. The molecule has 1 rings (SSSR count). The third-order valence-corrected chi connectivity index (χ3v) is 4.45. The maximum atomic E-state index is 6.31. The van der Waals surface area contributed by atoms with Crippen molar-refractivity contribution in [2.75, 3.05) is 5.75 Å². The summed E-state index contributed by atoms with van der Waals surface area (Å²) in [5.41, 5.74) is 1.42. The maximum absolute atomic E-state index is 6.31. The number of benzene rings is 1. The van der Waals surface area contributed by atoms with Gasteiger partial charge in [-0.2, -0.15) is 0 Å². The topological polar surface area (TPSA) is 12.0 Å². The van der Waals surface area contributed by atoms with Gasteiger partial charge in [-0.25, -0.2) is 0 Å². The number of hydrogen-bond acceptors (Lipinski definition) is 2. The van der Waals surface area contributed by atoms with Gasteiger partial charge in [-0.05, 0) is 38.3 Å². The van der Waals surface area contributed by atoms with E-state index in [1.54, 1.807) is 0 Å². The van der Waals surface area contributed by atoms with Crippen LogP contribution in [-0.4, -0.2) is 11.3 Å². The van der Waals surface area contributed by atoms with Crippen LogP contribution in [0.3, 0.4) is 0 Å². The number of thioether (sulfide) groups is 1. The molecule has 0 unspecified atom stereocenters. The zero-order valence-corrected chi connectivity index (χ0v) is 13.6. The first-order chi connectivity index (χ1) is 8.29. The minimum atomic E-state index is 0.127. The van der Waals surface area contributed by atoms with Crippen molar-refractivity contribution >= 4 is 23.4 Å². The summed E-state index contributed by atoms with van der Waals surface area (Å²) in [7, 11) is 0. The molecule has 0 fully saturated rings. The van der Waals surface area contributed by atoms with Crippen LogP contribution in [0, 0.1) is 5.92 Å². The van der Waals surface area contributed by atoms with Crippen molar-refractivity contribution in [1.29, 1.82) is 0 Å². The van der Waals surface area contributed by atoms with Gasteiger partial charge in [0.25, 0.3) is 0 Å². The first-order valence-corrected chi connectivity index (χ1v) is 7.81. The molecule has 0 amide bonds.